The molecular formula is C17H27NO3. The van der Waals surface area contributed by atoms with Gasteiger partial charge in [-0.1, -0.05) is 13.8 Å². The molecule has 0 aliphatic heterocycles. The Bertz CT molecular complexity index is 444. The van der Waals surface area contributed by atoms with Gasteiger partial charge in [0.1, 0.15) is 11.4 Å². The van der Waals surface area contributed by atoms with Crippen LogP contribution in [0.25, 0.3) is 0 Å². The molecule has 1 aromatic carbocycles. The van der Waals surface area contributed by atoms with Gasteiger partial charge in [-0.3, -0.25) is 4.79 Å². The molecule has 0 unspecified atom stereocenters. The highest BCUT2D eigenvalue weighted by atomic mass is 16.5. The van der Waals surface area contributed by atoms with E-state index in [-0.39, 0.29) is 12.0 Å². The summed E-state index contributed by atoms with van der Waals surface area (Å²) in [7, 11) is 0. The molecule has 118 valence electrons. The molecule has 0 spiro atoms. The Morgan fingerprint density at radius 2 is 1.86 bits per heavy atom. The first-order valence-corrected chi connectivity index (χ1v) is 7.67. The first-order valence-electron chi connectivity index (χ1n) is 7.67. The van der Waals surface area contributed by atoms with Gasteiger partial charge in [-0.15, -0.1) is 0 Å². The van der Waals surface area contributed by atoms with E-state index in [0.717, 1.165) is 17.9 Å². The van der Waals surface area contributed by atoms with Gasteiger partial charge < -0.3 is 14.8 Å². The number of nitrogens with one attached hydrogen (secondary N) is 1. The lowest BCUT2D eigenvalue weighted by atomic mass is 10.0. The standard InChI is InChI=1S/C17H27NO3/c1-6-13(4)21-15-11-9-14(10-12-15)18-16(19)17(5,7-2)20-8-3/h9-13H,6-8H2,1-5H3,(H,18,19)/t13-,17-/m1/s1. The Kier molecular flexibility index (Phi) is 6.69. The smallest absolute Gasteiger partial charge is 0.256 e. The maximum atomic E-state index is 12.3. The summed E-state index contributed by atoms with van der Waals surface area (Å²) in [6.45, 7) is 10.3. The van der Waals surface area contributed by atoms with E-state index < -0.39 is 5.60 Å². The molecule has 1 aromatic rings. The monoisotopic (exact) mass is 293 g/mol. The molecule has 0 fully saturated rings. The van der Waals surface area contributed by atoms with Gasteiger partial charge in [0.25, 0.3) is 5.91 Å². The molecule has 4 nitrogen and oxygen atoms in total. The topological polar surface area (TPSA) is 47.6 Å². The van der Waals surface area contributed by atoms with E-state index in [4.69, 9.17) is 9.47 Å². The van der Waals surface area contributed by atoms with Crippen molar-refractivity contribution in [1.29, 1.82) is 0 Å². The number of carbonyl (C=O) groups excluding carboxylic acids is 1. The minimum absolute atomic E-state index is 0.123. The minimum atomic E-state index is -0.791. The third-order valence-electron chi connectivity index (χ3n) is 3.64. The summed E-state index contributed by atoms with van der Waals surface area (Å²) in [6.07, 6.45) is 1.77. The van der Waals surface area contributed by atoms with Crippen LogP contribution in [0.5, 0.6) is 5.75 Å². The maximum absolute atomic E-state index is 12.3. The van der Waals surface area contributed by atoms with Crippen LogP contribution < -0.4 is 10.1 Å². The predicted molar refractivity (Wildman–Crippen MR) is 85.8 cm³/mol. The molecule has 0 saturated heterocycles. The van der Waals surface area contributed by atoms with Crippen molar-refractivity contribution in [1.82, 2.24) is 0 Å². The molecule has 2 atom stereocenters. The molecule has 0 aliphatic carbocycles. The summed E-state index contributed by atoms with van der Waals surface area (Å²) in [4.78, 5) is 12.3. The van der Waals surface area contributed by atoms with Gasteiger partial charge in [0.05, 0.1) is 6.10 Å². The van der Waals surface area contributed by atoms with Crippen LogP contribution in [0.15, 0.2) is 24.3 Å². The van der Waals surface area contributed by atoms with Gasteiger partial charge in [0.2, 0.25) is 0 Å². The minimum Gasteiger partial charge on any atom is -0.491 e. The van der Waals surface area contributed by atoms with E-state index >= 15 is 0 Å². The summed E-state index contributed by atoms with van der Waals surface area (Å²) in [6, 6.07) is 7.42. The lowest BCUT2D eigenvalue weighted by molar-refractivity contribution is -0.139. The fourth-order valence-electron chi connectivity index (χ4n) is 1.84. The van der Waals surface area contributed by atoms with Crippen molar-refractivity contribution in [2.24, 2.45) is 0 Å². The number of amides is 1. The van der Waals surface area contributed by atoms with Gasteiger partial charge in [0.15, 0.2) is 0 Å². The zero-order valence-electron chi connectivity index (χ0n) is 13.7. The van der Waals surface area contributed by atoms with Gasteiger partial charge >= 0.3 is 0 Å². The van der Waals surface area contributed by atoms with Gasteiger partial charge in [0, 0.05) is 12.3 Å². The molecule has 0 heterocycles. The first kappa shape index (κ1) is 17.5. The molecule has 1 amide bonds. The van der Waals surface area contributed by atoms with Crippen LogP contribution in [-0.2, 0) is 9.53 Å². The first-order chi connectivity index (χ1) is 9.95. The van der Waals surface area contributed by atoms with Crippen LogP contribution in [0.1, 0.15) is 47.5 Å². The molecule has 21 heavy (non-hydrogen) atoms. The van der Waals surface area contributed by atoms with Crippen molar-refractivity contribution in [3.05, 3.63) is 24.3 Å². The van der Waals surface area contributed by atoms with Crippen LogP contribution in [0.4, 0.5) is 5.69 Å². The number of hydrogen-bond donors (Lipinski definition) is 1. The molecule has 0 aromatic heterocycles. The average Bonchev–Trinajstić information content (AvgIpc) is 2.49. The van der Waals surface area contributed by atoms with Crippen molar-refractivity contribution in [3.8, 4) is 5.75 Å². The second-order valence-electron chi connectivity index (χ2n) is 5.33. The highest BCUT2D eigenvalue weighted by Gasteiger charge is 2.31. The summed E-state index contributed by atoms with van der Waals surface area (Å²) in [5.41, 5.74) is -0.0448. The van der Waals surface area contributed by atoms with E-state index in [2.05, 4.69) is 12.2 Å². The highest BCUT2D eigenvalue weighted by Crippen LogP contribution is 2.21. The van der Waals surface area contributed by atoms with E-state index in [1.165, 1.54) is 0 Å². The van der Waals surface area contributed by atoms with Crippen molar-refractivity contribution in [2.45, 2.75) is 59.2 Å². The molecule has 1 rings (SSSR count). The number of ether oxygens (including phenoxy) is 2. The Hall–Kier alpha value is -1.55. The predicted octanol–water partition coefficient (Wildman–Crippen LogP) is 4.01. The Labute approximate surface area is 127 Å². The molecule has 0 radical (unpaired) electrons. The van der Waals surface area contributed by atoms with E-state index in [0.29, 0.717) is 13.0 Å². The lowest BCUT2D eigenvalue weighted by Crippen LogP contribution is -2.42. The van der Waals surface area contributed by atoms with Crippen molar-refractivity contribution in [2.75, 3.05) is 11.9 Å². The normalized spacial score (nSPS) is 15.1. The zero-order valence-corrected chi connectivity index (χ0v) is 13.7. The van der Waals surface area contributed by atoms with E-state index in [9.17, 15) is 4.79 Å². The van der Waals surface area contributed by atoms with Crippen molar-refractivity contribution in [3.63, 3.8) is 0 Å². The summed E-state index contributed by atoms with van der Waals surface area (Å²) >= 11 is 0. The second-order valence-corrected chi connectivity index (χ2v) is 5.33. The van der Waals surface area contributed by atoms with Crippen LogP contribution >= 0.6 is 0 Å². The van der Waals surface area contributed by atoms with E-state index in [1.54, 1.807) is 0 Å². The van der Waals surface area contributed by atoms with Gasteiger partial charge in [-0.05, 0) is 57.9 Å². The van der Waals surface area contributed by atoms with Crippen molar-refractivity contribution >= 4 is 11.6 Å². The number of carbonyl (C=O) groups is 1. The third-order valence-corrected chi connectivity index (χ3v) is 3.64. The van der Waals surface area contributed by atoms with Crippen LogP contribution in [0.3, 0.4) is 0 Å². The maximum Gasteiger partial charge on any atom is 0.256 e. The third kappa shape index (κ3) is 5.05. The molecule has 0 aliphatic rings. The molecule has 4 heteroatoms. The molecular weight excluding hydrogens is 266 g/mol. The molecule has 0 bridgehead atoms. The van der Waals surface area contributed by atoms with Crippen LogP contribution in [0, 0.1) is 0 Å². The number of benzene rings is 1. The molecule has 0 saturated carbocycles. The van der Waals surface area contributed by atoms with Gasteiger partial charge in [-0.2, -0.15) is 0 Å². The van der Waals surface area contributed by atoms with Crippen LogP contribution in [-0.4, -0.2) is 24.2 Å². The van der Waals surface area contributed by atoms with Gasteiger partial charge in [-0.25, -0.2) is 0 Å². The number of rotatable bonds is 8. The zero-order chi connectivity index (χ0) is 15.9. The molecule has 1 N–H and O–H groups in total. The number of hydrogen-bond acceptors (Lipinski definition) is 3. The summed E-state index contributed by atoms with van der Waals surface area (Å²) < 4.78 is 11.3. The van der Waals surface area contributed by atoms with Crippen LogP contribution in [0.2, 0.25) is 0 Å². The highest BCUT2D eigenvalue weighted by molar-refractivity contribution is 5.97. The lowest BCUT2D eigenvalue weighted by Gasteiger charge is -2.26. The Balaban J connectivity index is 2.68. The fraction of sp³-hybridized carbons (Fsp3) is 0.588. The Morgan fingerprint density at radius 3 is 2.33 bits per heavy atom. The summed E-state index contributed by atoms with van der Waals surface area (Å²) in [5, 5.41) is 2.89. The average molecular weight is 293 g/mol. The fourth-order valence-corrected chi connectivity index (χ4v) is 1.84. The second kappa shape index (κ2) is 8.03. The quantitative estimate of drug-likeness (QED) is 0.788. The Morgan fingerprint density at radius 1 is 1.24 bits per heavy atom. The van der Waals surface area contributed by atoms with Crippen molar-refractivity contribution < 1.29 is 14.3 Å². The SMILES string of the molecule is CCO[C@](C)(CC)C(=O)Nc1ccc(O[C@H](C)CC)cc1. The summed E-state index contributed by atoms with van der Waals surface area (Å²) in [5.74, 6) is 0.688. The number of anilines is 1. The van der Waals surface area contributed by atoms with E-state index in [1.807, 2.05) is 52.0 Å². The largest absolute Gasteiger partial charge is 0.491 e.